The van der Waals surface area contributed by atoms with Gasteiger partial charge in [-0.15, -0.1) is 5.54 Å². The molecule has 0 spiro atoms. The number of hydrogen-bond donors (Lipinski definition) is 2. The zero-order valence-corrected chi connectivity index (χ0v) is 16.6. The fraction of sp³-hybridized carbons (Fsp3) is 0.526. The van der Waals surface area contributed by atoms with Crippen LogP contribution in [0.3, 0.4) is 0 Å². The number of aliphatic hydroxyl groups excluding tert-OH is 1. The van der Waals surface area contributed by atoms with E-state index in [4.69, 9.17) is 4.74 Å². The van der Waals surface area contributed by atoms with E-state index in [1.807, 2.05) is 24.3 Å². The van der Waals surface area contributed by atoms with Crippen LogP contribution in [-0.4, -0.2) is 37.5 Å². The number of hydrogen-bond acceptors (Lipinski definition) is 3. The standard InChI is InChI=1S/C19H29NO3Si/c1-19(2,3)23-18(22)20-17(14-21)13-16-9-7-8-15(12-16)10-11-24(4,5)6/h7-9,12,17,21H,13-14H2,1-6H3,(H,20,22). The maximum absolute atomic E-state index is 11.8. The van der Waals surface area contributed by atoms with Gasteiger partial charge in [-0.05, 0) is 44.9 Å². The Morgan fingerprint density at radius 3 is 2.54 bits per heavy atom. The normalized spacial score (nSPS) is 12.8. The summed E-state index contributed by atoms with van der Waals surface area (Å²) in [4.78, 5) is 11.8. The molecule has 0 aliphatic carbocycles. The first-order valence-corrected chi connectivity index (χ1v) is 11.7. The van der Waals surface area contributed by atoms with E-state index >= 15 is 0 Å². The van der Waals surface area contributed by atoms with Crippen LogP contribution < -0.4 is 5.32 Å². The van der Waals surface area contributed by atoms with E-state index in [0.717, 1.165) is 11.1 Å². The second-order valence-electron chi connectivity index (χ2n) is 7.93. The van der Waals surface area contributed by atoms with Crippen LogP contribution in [0, 0.1) is 11.5 Å². The van der Waals surface area contributed by atoms with Gasteiger partial charge >= 0.3 is 6.09 Å². The lowest BCUT2D eigenvalue weighted by Gasteiger charge is -2.22. The molecule has 0 heterocycles. The molecular formula is C19H29NO3Si. The fourth-order valence-electron chi connectivity index (χ4n) is 1.96. The van der Waals surface area contributed by atoms with Gasteiger partial charge in [0.25, 0.3) is 0 Å². The summed E-state index contributed by atoms with van der Waals surface area (Å²) < 4.78 is 5.23. The number of nitrogens with one attached hydrogen (secondary N) is 1. The second kappa shape index (κ2) is 8.36. The molecule has 2 N–H and O–H groups in total. The Bertz CT molecular complexity index is 618. The lowest BCUT2D eigenvalue weighted by molar-refractivity contribution is 0.0483. The van der Waals surface area contributed by atoms with Crippen LogP contribution in [0.25, 0.3) is 0 Å². The van der Waals surface area contributed by atoms with Gasteiger partial charge in [0, 0.05) is 5.56 Å². The number of carbonyl (C=O) groups is 1. The molecule has 1 atom stereocenters. The zero-order chi connectivity index (χ0) is 18.4. The average Bonchev–Trinajstić information content (AvgIpc) is 2.42. The molecule has 5 heteroatoms. The summed E-state index contributed by atoms with van der Waals surface area (Å²) in [7, 11) is -1.42. The molecule has 1 amide bonds. The minimum absolute atomic E-state index is 0.149. The molecule has 0 bridgehead atoms. The van der Waals surface area contributed by atoms with E-state index < -0.39 is 19.8 Å². The smallest absolute Gasteiger partial charge is 0.407 e. The first-order valence-electron chi connectivity index (χ1n) is 8.21. The molecule has 0 saturated carbocycles. The molecule has 24 heavy (non-hydrogen) atoms. The van der Waals surface area contributed by atoms with Gasteiger partial charge in [-0.3, -0.25) is 0 Å². The minimum Gasteiger partial charge on any atom is -0.444 e. The van der Waals surface area contributed by atoms with Crippen molar-refractivity contribution in [1.29, 1.82) is 0 Å². The van der Waals surface area contributed by atoms with Crippen LogP contribution in [0.15, 0.2) is 24.3 Å². The molecule has 1 unspecified atom stereocenters. The Morgan fingerprint density at radius 2 is 2.00 bits per heavy atom. The van der Waals surface area contributed by atoms with Gasteiger partial charge in [-0.1, -0.05) is 37.7 Å². The number of carbonyl (C=O) groups excluding carboxylic acids is 1. The molecule has 0 aliphatic rings. The van der Waals surface area contributed by atoms with Gasteiger partial charge in [-0.25, -0.2) is 4.79 Å². The highest BCUT2D eigenvalue weighted by molar-refractivity contribution is 6.83. The summed E-state index contributed by atoms with van der Waals surface area (Å²) in [6, 6.07) is 7.52. The van der Waals surface area contributed by atoms with Crippen LogP contribution >= 0.6 is 0 Å². The fourth-order valence-corrected chi connectivity index (χ4v) is 2.48. The van der Waals surface area contributed by atoms with Crippen molar-refractivity contribution < 1.29 is 14.6 Å². The topological polar surface area (TPSA) is 58.6 Å². The maximum atomic E-state index is 11.8. The average molecular weight is 348 g/mol. The van der Waals surface area contributed by atoms with Crippen molar-refractivity contribution >= 4 is 14.2 Å². The molecule has 0 saturated heterocycles. The summed E-state index contributed by atoms with van der Waals surface area (Å²) >= 11 is 0. The number of amides is 1. The molecule has 0 fully saturated rings. The monoisotopic (exact) mass is 347 g/mol. The van der Waals surface area contributed by atoms with Crippen LogP contribution in [0.5, 0.6) is 0 Å². The Morgan fingerprint density at radius 1 is 1.33 bits per heavy atom. The molecule has 132 valence electrons. The van der Waals surface area contributed by atoms with Crippen molar-refractivity contribution in [3.8, 4) is 11.5 Å². The minimum atomic E-state index is -1.42. The summed E-state index contributed by atoms with van der Waals surface area (Å²) in [6.45, 7) is 11.9. The van der Waals surface area contributed by atoms with Crippen molar-refractivity contribution in [2.75, 3.05) is 6.61 Å². The number of alkyl carbamates (subject to hydrolysis) is 1. The predicted molar refractivity (Wildman–Crippen MR) is 101 cm³/mol. The maximum Gasteiger partial charge on any atom is 0.407 e. The van der Waals surface area contributed by atoms with Crippen LogP contribution in [-0.2, 0) is 11.2 Å². The van der Waals surface area contributed by atoms with Crippen molar-refractivity contribution in [2.45, 2.75) is 58.5 Å². The molecule has 1 aromatic rings. The quantitative estimate of drug-likeness (QED) is 0.649. The van der Waals surface area contributed by atoms with E-state index in [0.29, 0.717) is 6.42 Å². The highest BCUT2D eigenvalue weighted by Gasteiger charge is 2.19. The van der Waals surface area contributed by atoms with Crippen molar-refractivity contribution in [3.05, 3.63) is 35.4 Å². The van der Waals surface area contributed by atoms with Gasteiger partial charge in [-0.2, -0.15) is 0 Å². The van der Waals surface area contributed by atoms with Gasteiger partial charge < -0.3 is 15.2 Å². The lowest BCUT2D eigenvalue weighted by Crippen LogP contribution is -2.42. The van der Waals surface area contributed by atoms with Crippen LogP contribution in [0.4, 0.5) is 4.79 Å². The third-order valence-corrected chi connectivity index (χ3v) is 3.81. The van der Waals surface area contributed by atoms with Crippen LogP contribution in [0.1, 0.15) is 31.9 Å². The van der Waals surface area contributed by atoms with Gasteiger partial charge in [0.1, 0.15) is 13.7 Å². The van der Waals surface area contributed by atoms with E-state index in [1.54, 1.807) is 20.8 Å². The molecule has 0 aliphatic heterocycles. The first kappa shape index (κ1) is 20.3. The summed E-state index contributed by atoms with van der Waals surface area (Å²) in [6.07, 6.45) is 0.00862. The molecule has 1 aromatic carbocycles. The SMILES string of the molecule is CC(C)(C)OC(=O)NC(CO)Cc1cccc(C#C[Si](C)(C)C)c1. The zero-order valence-electron chi connectivity index (χ0n) is 15.6. The van der Waals surface area contributed by atoms with Crippen molar-refractivity contribution in [2.24, 2.45) is 0 Å². The van der Waals surface area contributed by atoms with Gasteiger partial charge in [0.15, 0.2) is 0 Å². The largest absolute Gasteiger partial charge is 0.444 e. The first-order chi connectivity index (χ1) is 11.0. The molecule has 0 radical (unpaired) electrons. The Labute approximate surface area is 146 Å². The lowest BCUT2D eigenvalue weighted by atomic mass is 10.0. The summed E-state index contributed by atoms with van der Waals surface area (Å²) in [5, 5.41) is 12.2. The number of ether oxygens (including phenoxy) is 1. The Balaban J connectivity index is 2.75. The van der Waals surface area contributed by atoms with Gasteiger partial charge in [0.2, 0.25) is 0 Å². The number of rotatable bonds is 4. The second-order valence-corrected chi connectivity index (χ2v) is 12.7. The number of aliphatic hydroxyl groups is 1. The third-order valence-electron chi connectivity index (χ3n) is 2.93. The van der Waals surface area contributed by atoms with E-state index in [-0.39, 0.29) is 12.6 Å². The molecule has 1 rings (SSSR count). The highest BCUT2D eigenvalue weighted by atomic mass is 28.3. The Hall–Kier alpha value is -1.77. The summed E-state index contributed by atoms with van der Waals surface area (Å²) in [5.41, 5.74) is 4.76. The Kier molecular flexibility index (Phi) is 7.06. The van der Waals surface area contributed by atoms with Crippen molar-refractivity contribution in [3.63, 3.8) is 0 Å². The summed E-state index contributed by atoms with van der Waals surface area (Å²) in [5.74, 6) is 3.23. The van der Waals surface area contributed by atoms with Crippen LogP contribution in [0.2, 0.25) is 19.6 Å². The highest BCUT2D eigenvalue weighted by Crippen LogP contribution is 2.10. The molecule has 4 nitrogen and oxygen atoms in total. The number of benzene rings is 1. The van der Waals surface area contributed by atoms with Crippen molar-refractivity contribution in [1.82, 2.24) is 5.32 Å². The van der Waals surface area contributed by atoms with E-state index in [9.17, 15) is 9.90 Å². The van der Waals surface area contributed by atoms with E-state index in [1.165, 1.54) is 0 Å². The van der Waals surface area contributed by atoms with E-state index in [2.05, 4.69) is 36.4 Å². The predicted octanol–water partition coefficient (Wildman–Crippen LogP) is 3.34. The molecular weight excluding hydrogens is 318 g/mol. The molecule has 0 aromatic heterocycles. The van der Waals surface area contributed by atoms with Gasteiger partial charge in [0.05, 0.1) is 12.6 Å². The third kappa shape index (κ3) is 8.75.